The van der Waals surface area contributed by atoms with Gasteiger partial charge in [0.05, 0.1) is 6.85 Å². The topological polar surface area (TPSA) is 13.1 Å². The number of fused-ring (bicyclic) bond motifs is 5. The molecule has 0 fully saturated rings. The summed E-state index contributed by atoms with van der Waals surface area (Å²) in [7, 11) is 0. The van der Waals surface area contributed by atoms with E-state index in [2.05, 4.69) is 97.1 Å². The van der Waals surface area contributed by atoms with Gasteiger partial charge in [-0.05, 0) is 90.3 Å². The van der Waals surface area contributed by atoms with Crippen molar-refractivity contribution in [2.75, 3.05) is 0 Å². The maximum atomic E-state index is 8.46. The first-order chi connectivity index (χ1) is 24.4. The summed E-state index contributed by atoms with van der Waals surface area (Å²) in [5, 5.41) is 6.56. The zero-order valence-electron chi connectivity index (χ0n) is 29.2. The largest absolute Gasteiger partial charge is 0.456 e. The molecule has 9 rings (SSSR count). The molecule has 45 heavy (non-hydrogen) atoms. The number of rotatable bonds is 4. The molecule has 210 valence electrons. The maximum absolute atomic E-state index is 8.46. The van der Waals surface area contributed by atoms with Gasteiger partial charge in [0.25, 0.3) is 0 Å². The molecule has 1 heteroatoms. The van der Waals surface area contributed by atoms with Crippen molar-refractivity contribution in [2.45, 2.75) is 0 Å². The van der Waals surface area contributed by atoms with Gasteiger partial charge in [0.15, 0.2) is 0 Å². The summed E-state index contributed by atoms with van der Waals surface area (Å²) in [5.41, 5.74) is 8.98. The Morgan fingerprint density at radius 1 is 0.333 bits per heavy atom. The molecule has 1 heterocycles. The quantitative estimate of drug-likeness (QED) is 0.190. The molecular weight excluding hydrogens is 544 g/mol. The molecule has 0 aliphatic rings. The van der Waals surface area contributed by atoms with Crippen LogP contribution in [0.4, 0.5) is 0 Å². The molecule has 0 spiro atoms. The summed E-state index contributed by atoms with van der Waals surface area (Å²) in [5.74, 6) is 0. The second kappa shape index (κ2) is 10.4. The Labute approximate surface area is 268 Å². The molecule has 0 atom stereocenters. The predicted molar refractivity (Wildman–Crippen MR) is 190 cm³/mol. The Balaban J connectivity index is 1.21. The average molecular weight is 578 g/mol. The normalized spacial score (nSPS) is 13.1. The first-order valence-corrected chi connectivity index (χ1v) is 15.0. The minimum Gasteiger partial charge on any atom is -0.456 e. The minimum absolute atomic E-state index is 0.199. The molecule has 9 aromatic rings. The van der Waals surface area contributed by atoms with Gasteiger partial charge in [-0.3, -0.25) is 0 Å². The van der Waals surface area contributed by atoms with E-state index in [1.165, 1.54) is 0 Å². The van der Waals surface area contributed by atoms with Gasteiger partial charge in [-0.15, -0.1) is 0 Å². The molecule has 0 radical (unpaired) electrons. The molecule has 0 amide bonds. The molecular formula is C44H28O. The van der Waals surface area contributed by atoms with Crippen LogP contribution in [0.25, 0.3) is 88.0 Å². The Kier molecular flexibility index (Phi) is 4.81. The fraction of sp³-hybridized carbons (Fsp3) is 0. The highest BCUT2D eigenvalue weighted by molar-refractivity contribution is 6.22. The molecule has 0 saturated heterocycles. The monoisotopic (exact) mass is 577 g/mol. The van der Waals surface area contributed by atoms with E-state index in [9.17, 15) is 0 Å². The molecule has 0 N–H and O–H groups in total. The Hall–Kier alpha value is -5.92. The Bertz CT molecular complexity index is 2720. The van der Waals surface area contributed by atoms with Crippen LogP contribution in [0.5, 0.6) is 0 Å². The van der Waals surface area contributed by atoms with Crippen LogP contribution in [0.2, 0.25) is 0 Å². The second-order valence-corrected chi connectivity index (χ2v) is 11.3. The van der Waals surface area contributed by atoms with Crippen LogP contribution in [0.1, 0.15) is 6.85 Å². The molecule has 0 bridgehead atoms. The standard InChI is InChI=1S/C44H28O/c1-3-11-29(12-4-1)31-19-21-32(22-20-31)43-37-15-7-9-17-39(37)44(40-18-10-8-16-38(40)43)34-24-26-36-35-25-23-33(30-13-5-2-6-14-30)27-41(35)45-42(36)28-34/h1-28H/i1D,3D,4D,11D,12D. The third-order valence-electron chi connectivity index (χ3n) is 8.76. The summed E-state index contributed by atoms with van der Waals surface area (Å²) in [6.07, 6.45) is 0. The summed E-state index contributed by atoms with van der Waals surface area (Å²) >= 11 is 0. The van der Waals surface area contributed by atoms with Gasteiger partial charge in [-0.25, -0.2) is 0 Å². The highest BCUT2D eigenvalue weighted by Gasteiger charge is 2.18. The van der Waals surface area contributed by atoms with E-state index in [1.54, 1.807) is 0 Å². The first-order valence-electron chi connectivity index (χ1n) is 17.5. The lowest BCUT2D eigenvalue weighted by Crippen LogP contribution is -1.91. The van der Waals surface area contributed by atoms with E-state index < -0.39 is 6.04 Å². The summed E-state index contributed by atoms with van der Waals surface area (Å²) in [6.45, 7) is 0. The average Bonchev–Trinajstić information content (AvgIpc) is 3.53. The van der Waals surface area contributed by atoms with Crippen LogP contribution in [-0.4, -0.2) is 0 Å². The highest BCUT2D eigenvalue weighted by atomic mass is 16.3. The van der Waals surface area contributed by atoms with Crippen molar-refractivity contribution in [2.24, 2.45) is 0 Å². The number of benzene rings is 8. The Morgan fingerprint density at radius 2 is 0.778 bits per heavy atom. The zero-order valence-corrected chi connectivity index (χ0v) is 24.2. The molecule has 1 nitrogen and oxygen atoms in total. The van der Waals surface area contributed by atoms with E-state index >= 15 is 0 Å². The minimum atomic E-state index is -0.393. The van der Waals surface area contributed by atoms with Crippen molar-refractivity contribution < 1.29 is 11.3 Å². The molecule has 0 unspecified atom stereocenters. The fourth-order valence-corrected chi connectivity index (χ4v) is 6.69. The van der Waals surface area contributed by atoms with Crippen LogP contribution in [0.3, 0.4) is 0 Å². The fourth-order valence-electron chi connectivity index (χ4n) is 6.69. The maximum Gasteiger partial charge on any atom is 0.136 e. The van der Waals surface area contributed by atoms with Gasteiger partial charge in [-0.2, -0.15) is 0 Å². The zero-order chi connectivity index (χ0) is 34.1. The van der Waals surface area contributed by atoms with Crippen LogP contribution in [0, 0.1) is 0 Å². The summed E-state index contributed by atoms with van der Waals surface area (Å²) in [6, 6.07) is 46.3. The van der Waals surface area contributed by atoms with E-state index in [-0.39, 0.29) is 29.7 Å². The lowest BCUT2D eigenvalue weighted by Gasteiger charge is -2.18. The van der Waals surface area contributed by atoms with Crippen molar-refractivity contribution in [1.82, 2.24) is 0 Å². The van der Waals surface area contributed by atoms with Crippen molar-refractivity contribution >= 4 is 43.5 Å². The van der Waals surface area contributed by atoms with Gasteiger partial charge in [0, 0.05) is 10.8 Å². The second-order valence-electron chi connectivity index (χ2n) is 11.3. The third kappa shape index (κ3) is 4.24. The molecule has 1 aromatic heterocycles. The van der Waals surface area contributed by atoms with Crippen LogP contribution in [-0.2, 0) is 0 Å². The van der Waals surface area contributed by atoms with Crippen LogP contribution in [0.15, 0.2) is 174 Å². The lowest BCUT2D eigenvalue weighted by atomic mass is 9.85. The van der Waals surface area contributed by atoms with Crippen molar-refractivity contribution in [3.8, 4) is 44.5 Å². The van der Waals surface area contributed by atoms with Crippen LogP contribution < -0.4 is 0 Å². The molecule has 0 saturated carbocycles. The molecule has 0 aliphatic heterocycles. The summed E-state index contributed by atoms with van der Waals surface area (Å²) in [4.78, 5) is 0. The smallest absolute Gasteiger partial charge is 0.136 e. The molecule has 0 aliphatic carbocycles. The highest BCUT2D eigenvalue weighted by Crippen LogP contribution is 2.45. The van der Waals surface area contributed by atoms with Gasteiger partial charge in [-0.1, -0.05) is 145 Å². The number of hydrogen-bond donors (Lipinski definition) is 0. The van der Waals surface area contributed by atoms with Crippen molar-refractivity contribution in [3.05, 3.63) is 170 Å². The SMILES string of the molecule is [2H]c1c([2H])c([2H])c(-c2ccc(-c3c4ccccc4c(-c4ccc5c(c4)oc4cc(-c6ccccc6)ccc45)c4ccccc34)cc2)c([2H])c1[2H]. The van der Waals surface area contributed by atoms with E-state index in [0.717, 1.165) is 76.9 Å². The van der Waals surface area contributed by atoms with Gasteiger partial charge in [0.2, 0.25) is 0 Å². The van der Waals surface area contributed by atoms with Crippen molar-refractivity contribution in [3.63, 3.8) is 0 Å². The van der Waals surface area contributed by atoms with Gasteiger partial charge >= 0.3 is 0 Å². The van der Waals surface area contributed by atoms with E-state index in [4.69, 9.17) is 11.3 Å². The summed E-state index contributed by atoms with van der Waals surface area (Å²) < 4.78 is 47.7. The number of furan rings is 1. The van der Waals surface area contributed by atoms with Gasteiger partial charge < -0.3 is 4.42 Å². The van der Waals surface area contributed by atoms with E-state index in [1.807, 2.05) is 42.5 Å². The lowest BCUT2D eigenvalue weighted by molar-refractivity contribution is 0.669. The van der Waals surface area contributed by atoms with Gasteiger partial charge in [0.1, 0.15) is 11.2 Å². The number of hydrogen-bond acceptors (Lipinski definition) is 1. The van der Waals surface area contributed by atoms with Crippen molar-refractivity contribution in [1.29, 1.82) is 0 Å². The predicted octanol–water partition coefficient (Wildman–Crippen LogP) is 12.6. The van der Waals surface area contributed by atoms with Crippen LogP contribution >= 0.6 is 0 Å². The van der Waals surface area contributed by atoms with E-state index in [0.29, 0.717) is 5.56 Å². The molecule has 8 aromatic carbocycles. The Morgan fingerprint density at radius 3 is 1.38 bits per heavy atom. The third-order valence-corrected chi connectivity index (χ3v) is 8.76. The first kappa shape index (κ1) is 20.9.